The Morgan fingerprint density at radius 3 is 2.63 bits per heavy atom. The number of H-pyrrole nitrogens is 1. The summed E-state index contributed by atoms with van der Waals surface area (Å²) in [7, 11) is 0. The molecule has 2 N–H and O–H groups in total. The van der Waals surface area contributed by atoms with Gasteiger partial charge in [0.05, 0.1) is 22.3 Å². The summed E-state index contributed by atoms with van der Waals surface area (Å²) >= 11 is 3.35. The highest BCUT2D eigenvalue weighted by atomic mass is 32.2. The van der Waals surface area contributed by atoms with Gasteiger partial charge in [0.2, 0.25) is 5.91 Å². The number of hydrogen-bond donors (Lipinski definition) is 2. The zero-order valence-electron chi connectivity index (χ0n) is 15.9. The van der Waals surface area contributed by atoms with Gasteiger partial charge in [-0.1, -0.05) is 29.8 Å². The van der Waals surface area contributed by atoms with Crippen LogP contribution >= 0.6 is 23.5 Å². The molecular weight excluding hydrogens is 374 g/mol. The lowest BCUT2D eigenvalue weighted by Gasteiger charge is -2.19. The van der Waals surface area contributed by atoms with Crippen molar-refractivity contribution < 1.29 is 4.79 Å². The largest absolute Gasteiger partial charge is 0.345 e. The van der Waals surface area contributed by atoms with Crippen molar-refractivity contribution in [2.45, 2.75) is 36.5 Å². The number of hydrogen-bond acceptors (Lipinski definition) is 4. The minimum atomic E-state index is -0.172. The van der Waals surface area contributed by atoms with Gasteiger partial charge >= 0.3 is 0 Å². The van der Waals surface area contributed by atoms with Gasteiger partial charge in [-0.25, -0.2) is 4.98 Å². The molecule has 3 aromatic rings. The molecular formula is C21H25N3OS2. The number of aryl methyl sites for hydroxylation is 1. The number of fused-ring (bicyclic) bond motifs is 1. The topological polar surface area (TPSA) is 57.8 Å². The summed E-state index contributed by atoms with van der Waals surface area (Å²) in [5, 5.41) is 3.02. The monoisotopic (exact) mass is 399 g/mol. The fraction of sp³-hybridized carbons (Fsp3) is 0.333. The van der Waals surface area contributed by atoms with Crippen molar-refractivity contribution in [3.05, 3.63) is 59.9 Å². The zero-order chi connectivity index (χ0) is 19.2. The summed E-state index contributed by atoms with van der Waals surface area (Å²) < 4.78 is 0. The maximum atomic E-state index is 12.8. The van der Waals surface area contributed by atoms with Crippen molar-refractivity contribution >= 4 is 40.5 Å². The molecule has 2 atom stereocenters. The highest BCUT2D eigenvalue weighted by Gasteiger charge is 2.22. The number of rotatable bonds is 8. The predicted molar refractivity (Wildman–Crippen MR) is 116 cm³/mol. The van der Waals surface area contributed by atoms with E-state index in [-0.39, 0.29) is 17.2 Å². The van der Waals surface area contributed by atoms with E-state index in [4.69, 9.17) is 0 Å². The lowest BCUT2D eigenvalue weighted by Crippen LogP contribution is -2.35. The second-order valence-electron chi connectivity index (χ2n) is 6.55. The molecule has 1 amide bonds. The molecule has 0 saturated carbocycles. The molecule has 27 heavy (non-hydrogen) atoms. The van der Waals surface area contributed by atoms with Crippen LogP contribution in [0.15, 0.2) is 53.4 Å². The number of nitrogens with zero attached hydrogens (tertiary/aromatic N) is 1. The highest BCUT2D eigenvalue weighted by Crippen LogP contribution is 2.25. The summed E-state index contributed by atoms with van der Waals surface area (Å²) in [5.74, 6) is 1.82. The van der Waals surface area contributed by atoms with Crippen molar-refractivity contribution in [2.75, 3.05) is 12.0 Å². The summed E-state index contributed by atoms with van der Waals surface area (Å²) in [6.45, 7) is 4.01. The Bertz CT molecular complexity index is 859. The van der Waals surface area contributed by atoms with E-state index in [1.807, 2.05) is 31.2 Å². The number of carbonyl (C=O) groups is 1. The van der Waals surface area contributed by atoms with Crippen LogP contribution in [-0.4, -0.2) is 33.1 Å². The zero-order valence-corrected chi connectivity index (χ0v) is 17.5. The first-order valence-corrected chi connectivity index (χ1v) is 11.3. The van der Waals surface area contributed by atoms with E-state index in [0.29, 0.717) is 0 Å². The average molecular weight is 400 g/mol. The van der Waals surface area contributed by atoms with Gasteiger partial charge in [-0.15, -0.1) is 11.8 Å². The Kier molecular flexibility index (Phi) is 6.85. The molecule has 0 aliphatic carbocycles. The molecule has 0 unspecified atom stereocenters. The fourth-order valence-electron chi connectivity index (χ4n) is 2.81. The first kappa shape index (κ1) is 19.8. The smallest absolute Gasteiger partial charge is 0.233 e. The Balaban J connectivity index is 1.70. The van der Waals surface area contributed by atoms with Gasteiger partial charge in [0.15, 0.2) is 0 Å². The molecule has 2 aromatic carbocycles. The molecule has 0 aliphatic heterocycles. The Morgan fingerprint density at radius 2 is 1.93 bits per heavy atom. The predicted octanol–water partition coefficient (Wildman–Crippen LogP) is 4.96. The molecule has 0 saturated heterocycles. The van der Waals surface area contributed by atoms with E-state index in [1.54, 1.807) is 23.5 Å². The second kappa shape index (κ2) is 9.33. The Morgan fingerprint density at radius 1 is 1.19 bits per heavy atom. The lowest BCUT2D eigenvalue weighted by atomic mass is 10.2. The van der Waals surface area contributed by atoms with Crippen LogP contribution in [0.2, 0.25) is 0 Å². The van der Waals surface area contributed by atoms with Gasteiger partial charge in [0, 0.05) is 4.90 Å². The Labute approximate surface area is 168 Å². The van der Waals surface area contributed by atoms with E-state index < -0.39 is 0 Å². The number of imidazole rings is 1. The lowest BCUT2D eigenvalue weighted by molar-refractivity contribution is -0.121. The van der Waals surface area contributed by atoms with Crippen LogP contribution in [0.3, 0.4) is 0 Å². The standard InChI is InChI=1S/C21H25N3OS2/c1-14-8-10-16(11-9-14)27-15(2)21(25)24-19(12-13-26-3)20-22-17-6-4-5-7-18(17)23-20/h4-11,15,19H,12-13H2,1-3H3,(H,22,23)(H,24,25)/t15-,19+/m1/s1. The van der Waals surface area contributed by atoms with E-state index in [1.165, 1.54) is 5.56 Å². The van der Waals surface area contributed by atoms with Gasteiger partial charge in [-0.05, 0) is 56.5 Å². The summed E-state index contributed by atoms with van der Waals surface area (Å²) in [4.78, 5) is 21.9. The van der Waals surface area contributed by atoms with Gasteiger partial charge in [0.25, 0.3) is 0 Å². The van der Waals surface area contributed by atoms with Crippen LogP contribution in [0, 0.1) is 6.92 Å². The van der Waals surface area contributed by atoms with E-state index in [9.17, 15) is 4.79 Å². The molecule has 0 spiro atoms. The summed E-state index contributed by atoms with van der Waals surface area (Å²) in [6.07, 6.45) is 2.92. The number of nitrogens with one attached hydrogen (secondary N) is 2. The van der Waals surface area contributed by atoms with Crippen LogP contribution in [0.1, 0.15) is 30.8 Å². The molecule has 0 bridgehead atoms. The van der Waals surface area contributed by atoms with Crippen molar-refractivity contribution in [1.29, 1.82) is 0 Å². The van der Waals surface area contributed by atoms with Gasteiger partial charge in [-0.3, -0.25) is 4.79 Å². The first-order valence-electron chi connectivity index (χ1n) is 9.04. The SMILES string of the molecule is CSCC[C@H](NC(=O)[C@@H](C)Sc1ccc(C)cc1)c1nc2ccccc2[nH]1. The van der Waals surface area contributed by atoms with Gasteiger partial charge in [0.1, 0.15) is 5.82 Å². The number of amides is 1. The van der Waals surface area contributed by atoms with E-state index in [0.717, 1.165) is 33.9 Å². The summed E-state index contributed by atoms with van der Waals surface area (Å²) in [6, 6.07) is 16.1. The normalized spacial score (nSPS) is 13.4. The Hall–Kier alpha value is -1.92. The highest BCUT2D eigenvalue weighted by molar-refractivity contribution is 8.00. The average Bonchev–Trinajstić information content (AvgIpc) is 3.10. The van der Waals surface area contributed by atoms with Crippen LogP contribution in [-0.2, 0) is 4.79 Å². The molecule has 1 heterocycles. The number of aromatic amines is 1. The van der Waals surface area contributed by atoms with Gasteiger partial charge < -0.3 is 10.3 Å². The summed E-state index contributed by atoms with van der Waals surface area (Å²) in [5.41, 5.74) is 3.15. The molecule has 142 valence electrons. The van der Waals surface area contributed by atoms with Crippen molar-refractivity contribution in [3.8, 4) is 0 Å². The number of thioether (sulfide) groups is 2. The minimum Gasteiger partial charge on any atom is -0.345 e. The van der Waals surface area contributed by atoms with Crippen molar-refractivity contribution in [1.82, 2.24) is 15.3 Å². The number of para-hydroxylation sites is 2. The maximum absolute atomic E-state index is 12.8. The number of benzene rings is 2. The fourth-order valence-corrected chi connectivity index (χ4v) is 4.16. The molecule has 0 fully saturated rings. The van der Waals surface area contributed by atoms with E-state index in [2.05, 4.69) is 52.7 Å². The minimum absolute atomic E-state index is 0.0344. The van der Waals surface area contributed by atoms with Crippen molar-refractivity contribution in [3.63, 3.8) is 0 Å². The third-order valence-electron chi connectivity index (χ3n) is 4.37. The third-order valence-corrected chi connectivity index (χ3v) is 6.12. The van der Waals surface area contributed by atoms with Crippen LogP contribution in [0.25, 0.3) is 11.0 Å². The molecule has 3 rings (SSSR count). The molecule has 0 aliphatic rings. The number of aromatic nitrogens is 2. The first-order chi connectivity index (χ1) is 13.1. The quantitative estimate of drug-likeness (QED) is 0.526. The molecule has 0 radical (unpaired) electrons. The van der Waals surface area contributed by atoms with E-state index >= 15 is 0 Å². The van der Waals surface area contributed by atoms with Gasteiger partial charge in [-0.2, -0.15) is 11.8 Å². The van der Waals surface area contributed by atoms with Crippen LogP contribution < -0.4 is 5.32 Å². The molecule has 6 heteroatoms. The van der Waals surface area contributed by atoms with Crippen LogP contribution in [0.5, 0.6) is 0 Å². The second-order valence-corrected chi connectivity index (χ2v) is 8.95. The maximum Gasteiger partial charge on any atom is 0.233 e. The molecule has 1 aromatic heterocycles. The van der Waals surface area contributed by atoms with Crippen molar-refractivity contribution in [2.24, 2.45) is 0 Å². The number of carbonyl (C=O) groups excluding carboxylic acids is 1. The molecule has 4 nitrogen and oxygen atoms in total. The van der Waals surface area contributed by atoms with Crippen LogP contribution in [0.4, 0.5) is 0 Å². The third kappa shape index (κ3) is 5.30.